The molecule has 0 aliphatic carbocycles. The molecule has 0 aliphatic rings. The van der Waals surface area contributed by atoms with Crippen molar-refractivity contribution in [2.45, 2.75) is 17.5 Å². The Balaban J connectivity index is 2.38. The van der Waals surface area contributed by atoms with Crippen LogP contribution in [0.4, 0.5) is 0 Å². The van der Waals surface area contributed by atoms with Crippen molar-refractivity contribution in [2.75, 3.05) is 5.75 Å². The van der Waals surface area contributed by atoms with E-state index >= 15 is 0 Å². The summed E-state index contributed by atoms with van der Waals surface area (Å²) in [6.07, 6.45) is 2.04. The monoisotopic (exact) mass is 246 g/mol. The number of hydrogen-bond acceptors (Lipinski definition) is 4. The molecule has 15 heavy (non-hydrogen) atoms. The molecular formula is C9H11ClN2O2S. The van der Waals surface area contributed by atoms with Gasteiger partial charge in [-0.15, -0.1) is 11.8 Å². The van der Waals surface area contributed by atoms with Crippen LogP contribution in [-0.2, 0) is 4.79 Å². The lowest BCUT2D eigenvalue weighted by Crippen LogP contribution is -2.30. The van der Waals surface area contributed by atoms with Gasteiger partial charge in [-0.25, -0.2) is 4.98 Å². The van der Waals surface area contributed by atoms with Crippen LogP contribution in [0.5, 0.6) is 0 Å². The highest BCUT2D eigenvalue weighted by atomic mass is 35.5. The molecule has 1 aromatic heterocycles. The van der Waals surface area contributed by atoms with E-state index < -0.39 is 12.0 Å². The minimum absolute atomic E-state index is 0.396. The van der Waals surface area contributed by atoms with Crippen molar-refractivity contribution in [1.29, 1.82) is 0 Å². The largest absolute Gasteiger partial charge is 0.480 e. The first-order valence-corrected chi connectivity index (χ1v) is 5.69. The summed E-state index contributed by atoms with van der Waals surface area (Å²) in [6.45, 7) is 0. The molecule has 0 amide bonds. The van der Waals surface area contributed by atoms with Crippen molar-refractivity contribution in [3.05, 3.63) is 23.4 Å². The van der Waals surface area contributed by atoms with Gasteiger partial charge in [0.05, 0.1) is 5.02 Å². The lowest BCUT2D eigenvalue weighted by atomic mass is 10.2. The third kappa shape index (κ3) is 4.07. The van der Waals surface area contributed by atoms with E-state index in [0.717, 1.165) is 0 Å². The van der Waals surface area contributed by atoms with Gasteiger partial charge >= 0.3 is 5.97 Å². The Morgan fingerprint density at radius 3 is 3.07 bits per heavy atom. The maximum absolute atomic E-state index is 10.4. The zero-order valence-electron chi connectivity index (χ0n) is 7.89. The topological polar surface area (TPSA) is 76.2 Å². The van der Waals surface area contributed by atoms with Gasteiger partial charge < -0.3 is 10.8 Å². The summed E-state index contributed by atoms with van der Waals surface area (Å²) in [5.41, 5.74) is 5.35. The van der Waals surface area contributed by atoms with E-state index in [-0.39, 0.29) is 0 Å². The fourth-order valence-electron chi connectivity index (χ4n) is 0.883. The summed E-state index contributed by atoms with van der Waals surface area (Å²) < 4.78 is 0. The molecule has 1 atom stereocenters. The van der Waals surface area contributed by atoms with Crippen molar-refractivity contribution >= 4 is 29.3 Å². The second-order valence-corrected chi connectivity index (χ2v) is 4.36. The molecular weight excluding hydrogens is 236 g/mol. The van der Waals surface area contributed by atoms with E-state index in [0.29, 0.717) is 22.2 Å². The van der Waals surface area contributed by atoms with Gasteiger partial charge in [0.2, 0.25) is 0 Å². The van der Waals surface area contributed by atoms with Crippen molar-refractivity contribution in [1.82, 2.24) is 4.98 Å². The first kappa shape index (κ1) is 12.3. The van der Waals surface area contributed by atoms with E-state index in [1.54, 1.807) is 18.3 Å². The minimum Gasteiger partial charge on any atom is -0.480 e. The normalized spacial score (nSPS) is 12.4. The Kier molecular flexibility index (Phi) is 4.87. The van der Waals surface area contributed by atoms with Crippen LogP contribution in [0.25, 0.3) is 0 Å². The van der Waals surface area contributed by atoms with E-state index in [4.69, 9.17) is 22.4 Å². The fraction of sp³-hybridized carbons (Fsp3) is 0.333. The molecule has 3 N–H and O–H groups in total. The van der Waals surface area contributed by atoms with Crippen molar-refractivity contribution in [2.24, 2.45) is 5.73 Å². The number of thioether (sulfide) groups is 1. The van der Waals surface area contributed by atoms with Crippen molar-refractivity contribution in [3.63, 3.8) is 0 Å². The molecule has 0 fully saturated rings. The van der Waals surface area contributed by atoms with E-state index in [1.807, 2.05) is 0 Å². The minimum atomic E-state index is -0.984. The zero-order chi connectivity index (χ0) is 11.3. The number of nitrogens with zero attached hydrogens (tertiary/aromatic N) is 1. The van der Waals surface area contributed by atoms with Crippen LogP contribution in [-0.4, -0.2) is 27.9 Å². The predicted octanol–water partition coefficient (Wildman–Crippen LogP) is 1.63. The smallest absolute Gasteiger partial charge is 0.320 e. The molecule has 0 spiro atoms. The lowest BCUT2D eigenvalue weighted by molar-refractivity contribution is -0.138. The summed E-state index contributed by atoms with van der Waals surface area (Å²) in [5, 5.41) is 9.84. The van der Waals surface area contributed by atoms with Gasteiger partial charge in [0.1, 0.15) is 11.1 Å². The number of halogens is 1. The van der Waals surface area contributed by atoms with Crippen molar-refractivity contribution in [3.8, 4) is 0 Å². The first-order valence-electron chi connectivity index (χ1n) is 4.33. The number of carboxylic acid groups (broad SMARTS) is 1. The number of pyridine rings is 1. The van der Waals surface area contributed by atoms with Gasteiger partial charge in [0.15, 0.2) is 0 Å². The number of carbonyl (C=O) groups is 1. The third-order valence-electron chi connectivity index (χ3n) is 1.71. The molecule has 82 valence electrons. The summed E-state index contributed by atoms with van der Waals surface area (Å²) in [6, 6.07) is 2.67. The van der Waals surface area contributed by atoms with Crippen LogP contribution < -0.4 is 5.73 Å². The van der Waals surface area contributed by atoms with Crippen LogP contribution in [0.1, 0.15) is 6.42 Å². The second kappa shape index (κ2) is 5.95. The van der Waals surface area contributed by atoms with Crippen LogP contribution in [0, 0.1) is 0 Å². The highest BCUT2D eigenvalue weighted by Crippen LogP contribution is 2.24. The van der Waals surface area contributed by atoms with Crippen LogP contribution >= 0.6 is 23.4 Å². The highest BCUT2D eigenvalue weighted by Gasteiger charge is 2.11. The number of aliphatic carboxylic acids is 1. The quantitative estimate of drug-likeness (QED) is 0.773. The standard InChI is InChI=1S/C9H11ClN2O2S/c10-6-2-1-4-12-8(6)15-5-3-7(11)9(13)14/h1-2,4,7H,3,5,11H2,(H,13,14). The Labute approximate surface area is 96.8 Å². The number of carboxylic acids is 1. The molecule has 4 nitrogen and oxygen atoms in total. The predicted molar refractivity (Wildman–Crippen MR) is 60.2 cm³/mol. The van der Waals surface area contributed by atoms with Gasteiger partial charge in [-0.2, -0.15) is 0 Å². The Morgan fingerprint density at radius 2 is 2.47 bits per heavy atom. The Bertz CT molecular complexity index is 349. The molecule has 0 saturated carbocycles. The maximum atomic E-state index is 10.4. The van der Waals surface area contributed by atoms with E-state index in [2.05, 4.69) is 4.98 Å². The summed E-state index contributed by atoms with van der Waals surface area (Å²) in [5.74, 6) is -0.396. The number of nitrogens with two attached hydrogens (primary N) is 1. The van der Waals surface area contributed by atoms with Gasteiger partial charge in [0, 0.05) is 11.9 Å². The SMILES string of the molecule is NC(CCSc1ncccc1Cl)C(=O)O. The maximum Gasteiger partial charge on any atom is 0.320 e. The van der Waals surface area contributed by atoms with E-state index in [9.17, 15) is 4.79 Å². The Morgan fingerprint density at radius 1 is 1.73 bits per heavy atom. The molecule has 0 aliphatic heterocycles. The van der Waals surface area contributed by atoms with Crippen molar-refractivity contribution < 1.29 is 9.90 Å². The number of rotatable bonds is 5. The molecule has 0 radical (unpaired) electrons. The molecule has 0 aromatic carbocycles. The average Bonchev–Trinajstić information content (AvgIpc) is 2.20. The fourth-order valence-corrected chi connectivity index (χ4v) is 2.08. The van der Waals surface area contributed by atoms with Crippen LogP contribution in [0.3, 0.4) is 0 Å². The lowest BCUT2D eigenvalue weighted by Gasteiger charge is -2.05. The molecule has 6 heteroatoms. The molecule has 1 heterocycles. The molecule has 1 aromatic rings. The molecule has 0 bridgehead atoms. The first-order chi connectivity index (χ1) is 7.11. The number of hydrogen-bond donors (Lipinski definition) is 2. The van der Waals surface area contributed by atoms with Crippen LogP contribution in [0.15, 0.2) is 23.4 Å². The highest BCUT2D eigenvalue weighted by molar-refractivity contribution is 7.99. The van der Waals surface area contributed by atoms with Gasteiger partial charge in [0.25, 0.3) is 0 Å². The number of aromatic nitrogens is 1. The summed E-state index contributed by atoms with van der Waals surface area (Å²) >= 11 is 7.28. The van der Waals surface area contributed by atoms with Gasteiger partial charge in [-0.3, -0.25) is 4.79 Å². The molecule has 1 unspecified atom stereocenters. The average molecular weight is 247 g/mol. The summed E-state index contributed by atoms with van der Waals surface area (Å²) in [4.78, 5) is 14.5. The van der Waals surface area contributed by atoms with Gasteiger partial charge in [-0.05, 0) is 18.6 Å². The van der Waals surface area contributed by atoms with E-state index in [1.165, 1.54) is 11.8 Å². The molecule has 0 saturated heterocycles. The zero-order valence-corrected chi connectivity index (χ0v) is 9.46. The van der Waals surface area contributed by atoms with Crippen LogP contribution in [0.2, 0.25) is 5.02 Å². The summed E-state index contributed by atoms with van der Waals surface area (Å²) in [7, 11) is 0. The second-order valence-electron chi connectivity index (χ2n) is 2.87. The Hall–Kier alpha value is -0.780. The van der Waals surface area contributed by atoms with Gasteiger partial charge in [-0.1, -0.05) is 11.6 Å². The third-order valence-corrected chi connectivity index (χ3v) is 3.17. The molecule has 1 rings (SSSR count).